The van der Waals surface area contributed by atoms with Gasteiger partial charge in [0.25, 0.3) is 0 Å². The molecule has 2 rings (SSSR count). The van der Waals surface area contributed by atoms with Crippen LogP contribution in [-0.2, 0) is 6.42 Å². The number of aliphatic imine (C=N–C) groups is 1. The zero-order chi connectivity index (χ0) is 18.9. The quantitative estimate of drug-likeness (QED) is 0.246. The fraction of sp³-hybridized carbons (Fsp3) is 0.632. The van der Waals surface area contributed by atoms with E-state index in [0.29, 0.717) is 12.1 Å². The van der Waals surface area contributed by atoms with Gasteiger partial charge in [0.05, 0.1) is 0 Å². The standard InChI is InChI=1S/C19H33N7.HI/c1-15(2)25(16(3)4)14-8-11-21-19(20-5)22-12-10-18-24-23-17-9-6-7-13-26(17)18;/h6-7,9,13,15-16H,8,10-12,14H2,1-5H3,(H2,20,21,22);1H. The molecule has 8 heteroatoms. The van der Waals surface area contributed by atoms with Crippen LogP contribution in [0.1, 0.15) is 39.9 Å². The number of guanidine groups is 1. The molecule has 0 saturated carbocycles. The van der Waals surface area contributed by atoms with E-state index in [9.17, 15) is 0 Å². The van der Waals surface area contributed by atoms with E-state index in [-0.39, 0.29) is 24.0 Å². The Hall–Kier alpha value is -1.42. The molecule has 0 bridgehead atoms. The Morgan fingerprint density at radius 1 is 1.11 bits per heavy atom. The lowest BCUT2D eigenvalue weighted by molar-refractivity contribution is 0.173. The van der Waals surface area contributed by atoms with Crippen molar-refractivity contribution in [3.63, 3.8) is 0 Å². The fourth-order valence-electron chi connectivity index (χ4n) is 3.16. The van der Waals surface area contributed by atoms with Crippen LogP contribution in [0.2, 0.25) is 0 Å². The molecule has 0 radical (unpaired) electrons. The van der Waals surface area contributed by atoms with Crippen molar-refractivity contribution in [1.82, 2.24) is 30.1 Å². The average molecular weight is 487 g/mol. The largest absolute Gasteiger partial charge is 0.356 e. The van der Waals surface area contributed by atoms with Gasteiger partial charge in [0.1, 0.15) is 5.82 Å². The maximum Gasteiger partial charge on any atom is 0.190 e. The highest BCUT2D eigenvalue weighted by atomic mass is 127. The number of nitrogens with one attached hydrogen (secondary N) is 2. The molecule has 0 aromatic carbocycles. The summed E-state index contributed by atoms with van der Waals surface area (Å²) in [5, 5.41) is 15.2. The summed E-state index contributed by atoms with van der Waals surface area (Å²) in [5.74, 6) is 1.78. The number of aromatic nitrogens is 3. The van der Waals surface area contributed by atoms with E-state index >= 15 is 0 Å². The predicted molar refractivity (Wildman–Crippen MR) is 123 cm³/mol. The van der Waals surface area contributed by atoms with Crippen LogP contribution in [-0.4, -0.2) is 64.2 Å². The third-order valence-electron chi connectivity index (χ3n) is 4.46. The van der Waals surface area contributed by atoms with Gasteiger partial charge in [-0.2, -0.15) is 0 Å². The molecule has 0 aliphatic heterocycles. The van der Waals surface area contributed by atoms with Gasteiger partial charge in [0.15, 0.2) is 11.6 Å². The number of halogens is 1. The molecule has 0 atom stereocenters. The van der Waals surface area contributed by atoms with E-state index in [1.165, 1.54) is 0 Å². The topological polar surface area (TPSA) is 69.8 Å². The number of hydrogen-bond donors (Lipinski definition) is 2. The third-order valence-corrected chi connectivity index (χ3v) is 4.46. The summed E-state index contributed by atoms with van der Waals surface area (Å²) in [6.45, 7) is 11.8. The van der Waals surface area contributed by atoms with Gasteiger partial charge in [-0.25, -0.2) is 0 Å². The Labute approximate surface area is 180 Å². The van der Waals surface area contributed by atoms with Crippen LogP contribution in [0, 0.1) is 0 Å². The second-order valence-electron chi connectivity index (χ2n) is 7.00. The summed E-state index contributed by atoms with van der Waals surface area (Å²) in [4.78, 5) is 6.80. The molecule has 0 spiro atoms. The normalized spacial score (nSPS) is 12.1. The van der Waals surface area contributed by atoms with Crippen molar-refractivity contribution in [2.45, 2.75) is 52.6 Å². The van der Waals surface area contributed by atoms with Gasteiger partial charge in [-0.05, 0) is 46.2 Å². The zero-order valence-corrected chi connectivity index (χ0v) is 19.5. The highest BCUT2D eigenvalue weighted by Gasteiger charge is 2.12. The summed E-state index contributed by atoms with van der Waals surface area (Å²) in [5.41, 5.74) is 0.880. The Kier molecular flexibility index (Phi) is 10.6. The molecule has 7 nitrogen and oxygen atoms in total. The summed E-state index contributed by atoms with van der Waals surface area (Å²) in [6.07, 6.45) is 3.87. The molecule has 0 unspecified atom stereocenters. The van der Waals surface area contributed by atoms with Crippen LogP contribution in [0.5, 0.6) is 0 Å². The van der Waals surface area contributed by atoms with E-state index in [4.69, 9.17) is 0 Å². The van der Waals surface area contributed by atoms with Gasteiger partial charge >= 0.3 is 0 Å². The molecule has 2 aromatic heterocycles. The first-order valence-corrected chi connectivity index (χ1v) is 9.51. The number of pyridine rings is 1. The van der Waals surface area contributed by atoms with Crippen LogP contribution in [0.15, 0.2) is 29.4 Å². The van der Waals surface area contributed by atoms with Gasteiger partial charge in [0.2, 0.25) is 0 Å². The summed E-state index contributed by atoms with van der Waals surface area (Å²) in [7, 11) is 1.80. The summed E-state index contributed by atoms with van der Waals surface area (Å²) >= 11 is 0. The highest BCUT2D eigenvalue weighted by Crippen LogP contribution is 2.05. The molecule has 0 saturated heterocycles. The van der Waals surface area contributed by atoms with Crippen molar-refractivity contribution in [3.8, 4) is 0 Å². The SMILES string of the molecule is CN=C(NCCCN(C(C)C)C(C)C)NCCc1nnc2ccccn12.I. The monoisotopic (exact) mass is 487 g/mol. The Bertz CT molecular complexity index is 688. The average Bonchev–Trinajstić information content (AvgIpc) is 3.02. The molecule has 0 aliphatic carbocycles. The van der Waals surface area contributed by atoms with Crippen LogP contribution < -0.4 is 10.6 Å². The molecular formula is C19H34IN7. The molecule has 152 valence electrons. The van der Waals surface area contributed by atoms with E-state index in [0.717, 1.165) is 49.9 Å². The number of fused-ring (bicyclic) bond motifs is 1. The van der Waals surface area contributed by atoms with Gasteiger partial charge in [-0.15, -0.1) is 34.2 Å². The maximum atomic E-state index is 4.29. The maximum absolute atomic E-state index is 4.29. The van der Waals surface area contributed by atoms with Crippen molar-refractivity contribution < 1.29 is 0 Å². The second kappa shape index (κ2) is 12.1. The predicted octanol–water partition coefficient (Wildman–Crippen LogP) is 2.56. The molecule has 0 amide bonds. The minimum Gasteiger partial charge on any atom is -0.356 e. The minimum atomic E-state index is 0. The van der Waals surface area contributed by atoms with Crippen molar-refractivity contribution in [1.29, 1.82) is 0 Å². The highest BCUT2D eigenvalue weighted by molar-refractivity contribution is 14.0. The molecule has 2 heterocycles. The molecule has 2 aromatic rings. The number of nitrogens with zero attached hydrogens (tertiary/aromatic N) is 5. The summed E-state index contributed by atoms with van der Waals surface area (Å²) in [6, 6.07) is 7.07. The van der Waals surface area contributed by atoms with Crippen molar-refractivity contribution in [3.05, 3.63) is 30.2 Å². The zero-order valence-electron chi connectivity index (χ0n) is 17.1. The number of hydrogen-bond acceptors (Lipinski definition) is 4. The van der Waals surface area contributed by atoms with Crippen molar-refractivity contribution in [2.24, 2.45) is 4.99 Å². The van der Waals surface area contributed by atoms with Crippen LogP contribution in [0.3, 0.4) is 0 Å². The minimum absolute atomic E-state index is 0. The lowest BCUT2D eigenvalue weighted by Crippen LogP contribution is -2.41. The van der Waals surface area contributed by atoms with Crippen molar-refractivity contribution in [2.75, 3.05) is 26.7 Å². The second-order valence-corrected chi connectivity index (χ2v) is 7.00. The van der Waals surface area contributed by atoms with Gasteiger partial charge < -0.3 is 10.6 Å². The molecule has 0 aliphatic rings. The molecule has 2 N–H and O–H groups in total. The van der Waals surface area contributed by atoms with Crippen LogP contribution in [0.4, 0.5) is 0 Å². The first-order chi connectivity index (χ1) is 12.5. The van der Waals surface area contributed by atoms with Crippen LogP contribution in [0.25, 0.3) is 5.65 Å². The lowest BCUT2D eigenvalue weighted by atomic mass is 10.2. The molecule has 27 heavy (non-hydrogen) atoms. The van der Waals surface area contributed by atoms with Gasteiger partial charge in [-0.1, -0.05) is 6.07 Å². The van der Waals surface area contributed by atoms with E-state index < -0.39 is 0 Å². The molecular weight excluding hydrogens is 453 g/mol. The van der Waals surface area contributed by atoms with E-state index in [2.05, 4.69) is 58.4 Å². The first kappa shape index (κ1) is 23.6. The van der Waals surface area contributed by atoms with E-state index in [1.807, 2.05) is 28.8 Å². The summed E-state index contributed by atoms with van der Waals surface area (Å²) < 4.78 is 2.02. The first-order valence-electron chi connectivity index (χ1n) is 9.51. The van der Waals surface area contributed by atoms with E-state index in [1.54, 1.807) is 7.05 Å². The Morgan fingerprint density at radius 2 is 1.81 bits per heavy atom. The van der Waals surface area contributed by atoms with Crippen molar-refractivity contribution >= 4 is 35.6 Å². The Balaban J connectivity index is 0.00000364. The van der Waals surface area contributed by atoms with Crippen LogP contribution >= 0.6 is 24.0 Å². The Morgan fingerprint density at radius 3 is 2.48 bits per heavy atom. The fourth-order valence-corrected chi connectivity index (χ4v) is 3.16. The van der Waals surface area contributed by atoms with Gasteiger partial charge in [0, 0.05) is 51.4 Å². The van der Waals surface area contributed by atoms with Gasteiger partial charge in [-0.3, -0.25) is 14.3 Å². The number of rotatable bonds is 9. The molecule has 0 fully saturated rings. The lowest BCUT2D eigenvalue weighted by Gasteiger charge is -2.30. The third kappa shape index (κ3) is 7.25. The smallest absolute Gasteiger partial charge is 0.190 e.